The molecule has 2 nitrogen and oxygen atoms in total. The smallest absolute Gasteiger partial charge is 0.119 e. The number of hydrogen-bond acceptors (Lipinski definition) is 2. The van der Waals surface area contributed by atoms with E-state index < -0.39 is 0 Å². The van der Waals surface area contributed by atoms with Crippen LogP contribution < -0.4 is 10.1 Å². The fourth-order valence-electron chi connectivity index (χ4n) is 2.84. The van der Waals surface area contributed by atoms with Crippen molar-refractivity contribution in [2.24, 2.45) is 5.92 Å². The van der Waals surface area contributed by atoms with Crippen molar-refractivity contribution in [2.75, 3.05) is 11.9 Å². The maximum atomic E-state index is 5.46. The first-order valence-electron chi connectivity index (χ1n) is 7.31. The van der Waals surface area contributed by atoms with Crippen LogP contribution in [0, 0.1) is 5.92 Å². The van der Waals surface area contributed by atoms with E-state index in [-0.39, 0.29) is 0 Å². The van der Waals surface area contributed by atoms with E-state index in [1.807, 2.05) is 19.1 Å². The molecule has 0 amide bonds. The monoisotopic (exact) mass is 247 g/mol. The lowest BCUT2D eigenvalue weighted by Crippen LogP contribution is -2.26. The predicted octanol–water partition coefficient (Wildman–Crippen LogP) is 4.47. The van der Waals surface area contributed by atoms with E-state index in [9.17, 15) is 0 Å². The average Bonchev–Trinajstić information content (AvgIpc) is 2.42. The van der Waals surface area contributed by atoms with Crippen LogP contribution in [-0.2, 0) is 0 Å². The molecule has 100 valence electrons. The number of nitrogens with one attached hydrogen (secondary N) is 1. The molecule has 1 saturated carbocycles. The molecule has 0 spiro atoms. The second-order valence-corrected chi connectivity index (χ2v) is 5.24. The summed E-state index contributed by atoms with van der Waals surface area (Å²) in [5.74, 6) is 1.87. The molecule has 18 heavy (non-hydrogen) atoms. The van der Waals surface area contributed by atoms with Crippen LogP contribution in [0.4, 0.5) is 5.69 Å². The zero-order chi connectivity index (χ0) is 12.8. The summed E-state index contributed by atoms with van der Waals surface area (Å²) in [6, 6.07) is 9.00. The van der Waals surface area contributed by atoms with Gasteiger partial charge in [-0.2, -0.15) is 0 Å². The summed E-state index contributed by atoms with van der Waals surface area (Å²) in [5, 5.41) is 3.66. The number of anilines is 1. The first kappa shape index (κ1) is 13.3. The van der Waals surface area contributed by atoms with Gasteiger partial charge in [-0.1, -0.05) is 26.2 Å². The van der Waals surface area contributed by atoms with Crippen LogP contribution in [0.5, 0.6) is 5.75 Å². The highest BCUT2D eigenvalue weighted by Gasteiger charge is 2.20. The summed E-state index contributed by atoms with van der Waals surface area (Å²) < 4.78 is 5.46. The highest BCUT2D eigenvalue weighted by molar-refractivity contribution is 5.47. The molecule has 0 radical (unpaired) electrons. The van der Waals surface area contributed by atoms with Crippen molar-refractivity contribution < 1.29 is 4.74 Å². The molecular formula is C16H25NO. The van der Waals surface area contributed by atoms with Gasteiger partial charge in [0.15, 0.2) is 0 Å². The van der Waals surface area contributed by atoms with Crippen LogP contribution in [0.1, 0.15) is 46.0 Å². The van der Waals surface area contributed by atoms with Crippen molar-refractivity contribution in [2.45, 2.75) is 52.0 Å². The Bertz CT molecular complexity index is 347. The van der Waals surface area contributed by atoms with Gasteiger partial charge in [-0.15, -0.1) is 0 Å². The highest BCUT2D eigenvalue weighted by atomic mass is 16.5. The van der Waals surface area contributed by atoms with E-state index in [1.54, 1.807) is 0 Å². The standard InChI is InChI=1S/C16H25NO/c1-3-13-6-5-7-15(12-13)17-14-8-10-16(11-9-14)18-4-2/h8-11,13,15,17H,3-7,12H2,1-2H3. The minimum Gasteiger partial charge on any atom is -0.494 e. The Morgan fingerprint density at radius 1 is 1.17 bits per heavy atom. The van der Waals surface area contributed by atoms with E-state index in [0.717, 1.165) is 18.3 Å². The first-order chi connectivity index (χ1) is 8.81. The molecule has 0 bridgehead atoms. The molecule has 0 aromatic heterocycles. The van der Waals surface area contributed by atoms with Crippen LogP contribution in [0.25, 0.3) is 0 Å². The second-order valence-electron chi connectivity index (χ2n) is 5.24. The van der Waals surface area contributed by atoms with Gasteiger partial charge in [0.2, 0.25) is 0 Å². The molecule has 0 aliphatic heterocycles. The number of rotatable bonds is 5. The Labute approximate surface area is 111 Å². The minimum atomic E-state index is 0.654. The summed E-state index contributed by atoms with van der Waals surface area (Å²) in [6.45, 7) is 5.05. The zero-order valence-electron chi connectivity index (χ0n) is 11.6. The van der Waals surface area contributed by atoms with Crippen LogP contribution in [0.2, 0.25) is 0 Å². The summed E-state index contributed by atoms with van der Waals surface area (Å²) in [7, 11) is 0. The van der Waals surface area contributed by atoms with E-state index >= 15 is 0 Å². The third-order valence-electron chi connectivity index (χ3n) is 3.90. The fraction of sp³-hybridized carbons (Fsp3) is 0.625. The third kappa shape index (κ3) is 3.66. The molecule has 1 aliphatic carbocycles. The Hall–Kier alpha value is -1.18. The lowest BCUT2D eigenvalue weighted by Gasteiger charge is -2.29. The average molecular weight is 247 g/mol. The Morgan fingerprint density at radius 3 is 2.61 bits per heavy atom. The summed E-state index contributed by atoms with van der Waals surface area (Å²) in [5.41, 5.74) is 1.22. The van der Waals surface area contributed by atoms with Gasteiger partial charge in [0.1, 0.15) is 5.75 Å². The fourth-order valence-corrected chi connectivity index (χ4v) is 2.84. The molecule has 2 rings (SSSR count). The number of hydrogen-bond donors (Lipinski definition) is 1. The SMILES string of the molecule is CCOc1ccc(NC2CCCC(CC)C2)cc1. The molecule has 1 aliphatic rings. The molecule has 2 heteroatoms. The van der Waals surface area contributed by atoms with E-state index in [4.69, 9.17) is 4.74 Å². The van der Waals surface area contributed by atoms with Crippen molar-refractivity contribution >= 4 is 5.69 Å². The first-order valence-corrected chi connectivity index (χ1v) is 7.31. The van der Waals surface area contributed by atoms with Gasteiger partial charge >= 0.3 is 0 Å². The Kier molecular flexibility index (Phi) is 4.91. The second kappa shape index (κ2) is 6.67. The number of ether oxygens (including phenoxy) is 1. The van der Waals surface area contributed by atoms with E-state index in [0.29, 0.717) is 6.04 Å². The van der Waals surface area contributed by atoms with Gasteiger partial charge in [0.05, 0.1) is 6.61 Å². The van der Waals surface area contributed by atoms with E-state index in [2.05, 4.69) is 24.4 Å². The van der Waals surface area contributed by atoms with Crippen LogP contribution >= 0.6 is 0 Å². The van der Waals surface area contributed by atoms with Crippen LogP contribution in [0.15, 0.2) is 24.3 Å². The molecular weight excluding hydrogens is 222 g/mol. The maximum absolute atomic E-state index is 5.46. The third-order valence-corrected chi connectivity index (χ3v) is 3.90. The lowest BCUT2D eigenvalue weighted by molar-refractivity contribution is 0.327. The van der Waals surface area contributed by atoms with Gasteiger partial charge in [0.25, 0.3) is 0 Å². The molecule has 1 N–H and O–H groups in total. The molecule has 2 unspecified atom stereocenters. The van der Waals surface area contributed by atoms with Gasteiger partial charge in [-0.25, -0.2) is 0 Å². The van der Waals surface area contributed by atoms with Crippen molar-refractivity contribution in [3.05, 3.63) is 24.3 Å². The van der Waals surface area contributed by atoms with Crippen LogP contribution in [0.3, 0.4) is 0 Å². The minimum absolute atomic E-state index is 0.654. The molecule has 0 heterocycles. The topological polar surface area (TPSA) is 21.3 Å². The van der Waals surface area contributed by atoms with Gasteiger partial charge < -0.3 is 10.1 Å². The normalized spacial score (nSPS) is 23.7. The van der Waals surface area contributed by atoms with Crippen molar-refractivity contribution in [3.63, 3.8) is 0 Å². The Balaban J connectivity index is 1.88. The summed E-state index contributed by atoms with van der Waals surface area (Å²) >= 11 is 0. The maximum Gasteiger partial charge on any atom is 0.119 e. The zero-order valence-corrected chi connectivity index (χ0v) is 11.6. The molecule has 2 atom stereocenters. The van der Waals surface area contributed by atoms with E-state index in [1.165, 1.54) is 37.8 Å². The van der Waals surface area contributed by atoms with Crippen molar-refractivity contribution in [1.82, 2.24) is 0 Å². The van der Waals surface area contributed by atoms with Crippen molar-refractivity contribution in [1.29, 1.82) is 0 Å². The van der Waals surface area contributed by atoms with Gasteiger partial charge in [-0.05, 0) is 49.9 Å². The molecule has 0 saturated heterocycles. The highest BCUT2D eigenvalue weighted by Crippen LogP contribution is 2.29. The predicted molar refractivity (Wildman–Crippen MR) is 77.3 cm³/mol. The van der Waals surface area contributed by atoms with Gasteiger partial charge in [-0.3, -0.25) is 0 Å². The molecule has 1 aromatic carbocycles. The molecule has 1 fully saturated rings. The summed E-state index contributed by atoms with van der Waals surface area (Å²) in [6.07, 6.45) is 6.74. The number of benzene rings is 1. The van der Waals surface area contributed by atoms with Gasteiger partial charge in [0, 0.05) is 11.7 Å². The quantitative estimate of drug-likeness (QED) is 0.829. The summed E-state index contributed by atoms with van der Waals surface area (Å²) in [4.78, 5) is 0. The van der Waals surface area contributed by atoms with Crippen molar-refractivity contribution in [3.8, 4) is 5.75 Å². The largest absolute Gasteiger partial charge is 0.494 e. The lowest BCUT2D eigenvalue weighted by atomic mass is 9.84. The molecule has 1 aromatic rings. The van der Waals surface area contributed by atoms with Crippen LogP contribution in [-0.4, -0.2) is 12.6 Å². The Morgan fingerprint density at radius 2 is 1.94 bits per heavy atom.